The highest BCUT2D eigenvalue weighted by Gasteiger charge is 2.24. The van der Waals surface area contributed by atoms with Crippen LogP contribution in [0.15, 0.2) is 52.9 Å². The lowest BCUT2D eigenvalue weighted by Gasteiger charge is -2.17. The predicted octanol–water partition coefficient (Wildman–Crippen LogP) is 4.16. The van der Waals surface area contributed by atoms with Gasteiger partial charge in [0.2, 0.25) is 5.91 Å². The van der Waals surface area contributed by atoms with Crippen molar-refractivity contribution in [3.8, 4) is 0 Å². The van der Waals surface area contributed by atoms with E-state index in [-0.39, 0.29) is 17.5 Å². The van der Waals surface area contributed by atoms with Crippen molar-refractivity contribution in [2.45, 2.75) is 11.8 Å². The molecular weight excluding hydrogens is 313 g/mol. The van der Waals surface area contributed by atoms with Crippen LogP contribution in [-0.2, 0) is 4.79 Å². The Morgan fingerprint density at radius 3 is 2.65 bits per heavy atom. The Morgan fingerprint density at radius 2 is 1.96 bits per heavy atom. The van der Waals surface area contributed by atoms with Crippen LogP contribution in [0.3, 0.4) is 0 Å². The minimum atomic E-state index is -0.348. The summed E-state index contributed by atoms with van der Waals surface area (Å²) in [5.41, 5.74) is 2.63. The Labute approximate surface area is 137 Å². The summed E-state index contributed by atoms with van der Waals surface area (Å²) in [4.78, 5) is 23.9. The van der Waals surface area contributed by atoms with Gasteiger partial charge in [0, 0.05) is 29.5 Å². The Kier molecular flexibility index (Phi) is 4.30. The van der Waals surface area contributed by atoms with Gasteiger partial charge in [0.1, 0.15) is 5.82 Å². The fraction of sp³-hybridized carbons (Fsp3) is 0.111. The zero-order valence-electron chi connectivity index (χ0n) is 12.4. The molecule has 1 amide bonds. The van der Waals surface area contributed by atoms with E-state index in [0.717, 1.165) is 5.56 Å². The quantitative estimate of drug-likeness (QED) is 0.843. The molecular formula is C18H14FNO2S. The molecule has 2 aromatic rings. The highest BCUT2D eigenvalue weighted by atomic mass is 32.2. The van der Waals surface area contributed by atoms with Crippen molar-refractivity contribution in [1.82, 2.24) is 0 Å². The van der Waals surface area contributed by atoms with Crippen LogP contribution in [0.25, 0.3) is 6.08 Å². The Balaban J connectivity index is 1.86. The Hall–Kier alpha value is -2.40. The van der Waals surface area contributed by atoms with Gasteiger partial charge in [-0.15, -0.1) is 11.8 Å². The van der Waals surface area contributed by atoms with Gasteiger partial charge < -0.3 is 5.32 Å². The normalized spacial score (nSPS) is 15.4. The molecule has 116 valence electrons. The van der Waals surface area contributed by atoms with Crippen LogP contribution in [-0.4, -0.2) is 17.4 Å². The molecule has 0 aromatic heterocycles. The van der Waals surface area contributed by atoms with E-state index in [1.807, 2.05) is 12.1 Å². The lowest BCUT2D eigenvalue weighted by Crippen LogP contribution is -2.13. The second-order valence-corrected chi connectivity index (χ2v) is 6.19. The van der Waals surface area contributed by atoms with Crippen LogP contribution in [0.4, 0.5) is 10.1 Å². The molecule has 0 unspecified atom stereocenters. The van der Waals surface area contributed by atoms with Gasteiger partial charge in [-0.05, 0) is 35.9 Å². The number of benzene rings is 2. The Morgan fingerprint density at radius 1 is 1.22 bits per heavy atom. The smallest absolute Gasteiger partial charge is 0.221 e. The molecule has 1 heterocycles. The van der Waals surface area contributed by atoms with Crippen molar-refractivity contribution in [3.05, 3.63) is 65.0 Å². The molecule has 1 aliphatic heterocycles. The fourth-order valence-corrected chi connectivity index (χ4v) is 3.43. The molecule has 23 heavy (non-hydrogen) atoms. The molecule has 0 atom stereocenters. The molecule has 0 bridgehead atoms. The summed E-state index contributed by atoms with van der Waals surface area (Å²) >= 11 is 1.34. The number of thioether (sulfide) groups is 1. The standard InChI is InChI=1S/C18H14FNO2S/c1-11(21)20-14-7-5-12(6-8-14)9-13-10-23-18-15(17(13)22)3-2-4-16(18)19/h2-9H,10H2,1H3,(H,20,21)/b13-9+. The van der Waals surface area contributed by atoms with Gasteiger partial charge in [0.25, 0.3) is 0 Å². The third-order valence-corrected chi connectivity index (χ3v) is 4.61. The summed E-state index contributed by atoms with van der Waals surface area (Å²) in [7, 11) is 0. The van der Waals surface area contributed by atoms with Gasteiger partial charge in [-0.25, -0.2) is 4.39 Å². The van der Waals surface area contributed by atoms with Crippen molar-refractivity contribution < 1.29 is 14.0 Å². The van der Waals surface area contributed by atoms with Crippen molar-refractivity contribution in [2.24, 2.45) is 0 Å². The van der Waals surface area contributed by atoms with E-state index in [1.165, 1.54) is 24.8 Å². The second-order valence-electron chi connectivity index (χ2n) is 5.21. The number of amides is 1. The topological polar surface area (TPSA) is 46.2 Å². The summed E-state index contributed by atoms with van der Waals surface area (Å²) in [6.07, 6.45) is 1.81. The van der Waals surface area contributed by atoms with Gasteiger partial charge in [-0.3, -0.25) is 9.59 Å². The molecule has 0 radical (unpaired) electrons. The van der Waals surface area contributed by atoms with E-state index in [9.17, 15) is 14.0 Å². The summed E-state index contributed by atoms with van der Waals surface area (Å²) in [5, 5.41) is 2.69. The van der Waals surface area contributed by atoms with Gasteiger partial charge in [0.05, 0.1) is 4.90 Å². The first kappa shape index (κ1) is 15.5. The first-order valence-corrected chi connectivity index (χ1v) is 8.07. The molecule has 3 nitrogen and oxygen atoms in total. The van der Waals surface area contributed by atoms with E-state index in [4.69, 9.17) is 0 Å². The van der Waals surface area contributed by atoms with E-state index in [1.54, 1.807) is 30.3 Å². The minimum absolute atomic E-state index is 0.131. The van der Waals surface area contributed by atoms with Crippen LogP contribution < -0.4 is 5.32 Å². The van der Waals surface area contributed by atoms with Gasteiger partial charge in [-0.2, -0.15) is 0 Å². The van der Waals surface area contributed by atoms with Crippen molar-refractivity contribution in [1.29, 1.82) is 0 Å². The molecule has 1 N–H and O–H groups in total. The largest absolute Gasteiger partial charge is 0.326 e. The zero-order chi connectivity index (χ0) is 16.4. The van der Waals surface area contributed by atoms with Crippen LogP contribution in [0.5, 0.6) is 0 Å². The third-order valence-electron chi connectivity index (χ3n) is 3.45. The van der Waals surface area contributed by atoms with Crippen molar-refractivity contribution in [2.75, 3.05) is 11.1 Å². The van der Waals surface area contributed by atoms with Gasteiger partial charge in [0.15, 0.2) is 5.78 Å². The highest BCUT2D eigenvalue weighted by molar-refractivity contribution is 7.99. The molecule has 0 saturated heterocycles. The lowest BCUT2D eigenvalue weighted by molar-refractivity contribution is -0.114. The number of Topliss-reactive ketones (excluding diaryl/α,β-unsaturated/α-hetero) is 1. The number of rotatable bonds is 2. The average Bonchev–Trinajstić information content (AvgIpc) is 2.52. The third kappa shape index (κ3) is 3.35. The maximum atomic E-state index is 13.7. The molecule has 0 fully saturated rings. The number of anilines is 1. The molecule has 5 heteroatoms. The lowest BCUT2D eigenvalue weighted by atomic mass is 10.0. The van der Waals surface area contributed by atoms with E-state index >= 15 is 0 Å². The fourth-order valence-electron chi connectivity index (χ4n) is 2.40. The number of nitrogens with one attached hydrogen (secondary N) is 1. The number of hydrogen-bond acceptors (Lipinski definition) is 3. The van der Waals surface area contributed by atoms with E-state index < -0.39 is 0 Å². The van der Waals surface area contributed by atoms with Crippen LogP contribution >= 0.6 is 11.8 Å². The predicted molar refractivity (Wildman–Crippen MR) is 90.2 cm³/mol. The maximum Gasteiger partial charge on any atom is 0.221 e. The summed E-state index contributed by atoms with van der Waals surface area (Å²) in [6.45, 7) is 1.45. The molecule has 2 aromatic carbocycles. The molecule has 0 saturated carbocycles. The van der Waals surface area contributed by atoms with Crippen LogP contribution in [0.1, 0.15) is 22.8 Å². The molecule has 1 aliphatic rings. The highest BCUT2D eigenvalue weighted by Crippen LogP contribution is 2.35. The monoisotopic (exact) mass is 327 g/mol. The number of carbonyl (C=O) groups is 2. The average molecular weight is 327 g/mol. The van der Waals surface area contributed by atoms with Gasteiger partial charge in [-0.1, -0.05) is 18.2 Å². The zero-order valence-corrected chi connectivity index (χ0v) is 13.2. The van der Waals surface area contributed by atoms with Crippen LogP contribution in [0.2, 0.25) is 0 Å². The molecule has 0 spiro atoms. The van der Waals surface area contributed by atoms with Crippen molar-refractivity contribution in [3.63, 3.8) is 0 Å². The van der Waals surface area contributed by atoms with Crippen LogP contribution in [0, 0.1) is 5.82 Å². The summed E-state index contributed by atoms with van der Waals surface area (Å²) < 4.78 is 13.7. The SMILES string of the molecule is CC(=O)Nc1ccc(/C=C2\CSc3c(F)cccc3C2=O)cc1. The second kappa shape index (κ2) is 6.38. The number of carbonyl (C=O) groups excluding carboxylic acids is 2. The number of ketones is 1. The van der Waals surface area contributed by atoms with E-state index in [0.29, 0.717) is 27.5 Å². The van der Waals surface area contributed by atoms with Crippen molar-refractivity contribution >= 4 is 35.2 Å². The number of fused-ring (bicyclic) bond motifs is 1. The first-order valence-electron chi connectivity index (χ1n) is 7.09. The van der Waals surface area contributed by atoms with Gasteiger partial charge >= 0.3 is 0 Å². The first-order chi connectivity index (χ1) is 11.0. The minimum Gasteiger partial charge on any atom is -0.326 e. The number of halogens is 1. The summed E-state index contributed by atoms with van der Waals surface area (Å²) in [5.74, 6) is -0.169. The Bertz CT molecular complexity index is 812. The molecule has 3 rings (SSSR count). The summed E-state index contributed by atoms with van der Waals surface area (Å²) in [6, 6.07) is 11.8. The molecule has 0 aliphatic carbocycles. The van der Waals surface area contributed by atoms with E-state index in [2.05, 4.69) is 5.32 Å². The maximum absolute atomic E-state index is 13.7. The number of hydrogen-bond donors (Lipinski definition) is 1.